The summed E-state index contributed by atoms with van der Waals surface area (Å²) in [5, 5.41) is 10.4. The second kappa shape index (κ2) is 5.97. The van der Waals surface area contributed by atoms with Gasteiger partial charge in [-0.1, -0.05) is 13.3 Å². The maximum Gasteiger partial charge on any atom is 0.381 e. The van der Waals surface area contributed by atoms with Gasteiger partial charge in [0, 0.05) is 6.42 Å². The molecule has 0 aliphatic carbocycles. The number of aromatic nitrogens is 2. The molecule has 7 heteroatoms. The summed E-state index contributed by atoms with van der Waals surface area (Å²) in [4.78, 5) is 24.7. The van der Waals surface area contributed by atoms with Crippen molar-refractivity contribution >= 4 is 11.8 Å². The van der Waals surface area contributed by atoms with Crippen LogP contribution < -0.4 is 0 Å². The third-order valence-corrected chi connectivity index (χ3v) is 2.23. The Kier molecular flexibility index (Phi) is 4.62. The van der Waals surface area contributed by atoms with E-state index in [1.54, 1.807) is 6.92 Å². The Labute approximate surface area is 98.6 Å². The molecule has 94 valence electrons. The number of carbonyl (C=O) groups is 1. The minimum Gasteiger partial charge on any atom is -0.441 e. The molecule has 0 fully saturated rings. The lowest BCUT2D eigenvalue weighted by molar-refractivity contribution is -0.389. The van der Waals surface area contributed by atoms with Crippen molar-refractivity contribution in [3.8, 4) is 0 Å². The van der Waals surface area contributed by atoms with Gasteiger partial charge in [0.2, 0.25) is 6.33 Å². The molecule has 0 aliphatic heterocycles. The molecule has 0 aromatic carbocycles. The van der Waals surface area contributed by atoms with Crippen molar-refractivity contribution in [1.29, 1.82) is 0 Å². The number of nitro groups is 1. The fraction of sp³-hybridized carbons (Fsp3) is 0.600. The fourth-order valence-electron chi connectivity index (χ4n) is 1.25. The Morgan fingerprint density at radius 3 is 2.94 bits per heavy atom. The molecule has 0 radical (unpaired) electrons. The molecule has 0 N–H and O–H groups in total. The monoisotopic (exact) mass is 241 g/mol. The van der Waals surface area contributed by atoms with E-state index in [9.17, 15) is 14.9 Å². The molecule has 0 spiro atoms. The number of esters is 1. The highest BCUT2D eigenvalue weighted by atomic mass is 16.6. The first-order valence-corrected chi connectivity index (χ1v) is 5.42. The molecule has 1 aromatic heterocycles. The predicted molar refractivity (Wildman–Crippen MR) is 59.2 cm³/mol. The van der Waals surface area contributed by atoms with E-state index < -0.39 is 11.2 Å². The molecule has 0 aliphatic rings. The summed E-state index contributed by atoms with van der Waals surface area (Å²) < 4.78 is 6.48. The van der Waals surface area contributed by atoms with Gasteiger partial charge in [-0.15, -0.1) is 0 Å². The van der Waals surface area contributed by atoms with Gasteiger partial charge in [0.1, 0.15) is 6.20 Å². The molecule has 1 atom stereocenters. The van der Waals surface area contributed by atoms with Gasteiger partial charge < -0.3 is 14.9 Å². The zero-order valence-electron chi connectivity index (χ0n) is 9.83. The summed E-state index contributed by atoms with van der Waals surface area (Å²) in [5.74, 6) is -0.572. The predicted octanol–water partition coefficient (Wildman–Crippen LogP) is 2.04. The van der Waals surface area contributed by atoms with E-state index in [1.165, 1.54) is 17.1 Å². The molecule has 17 heavy (non-hydrogen) atoms. The highest BCUT2D eigenvalue weighted by Crippen LogP contribution is 2.14. The van der Waals surface area contributed by atoms with Gasteiger partial charge in [0.15, 0.2) is 6.23 Å². The lowest BCUT2D eigenvalue weighted by Crippen LogP contribution is -2.13. The summed E-state index contributed by atoms with van der Waals surface area (Å²) in [7, 11) is 0. The number of rotatable bonds is 6. The Hall–Kier alpha value is -1.92. The van der Waals surface area contributed by atoms with Crippen molar-refractivity contribution in [3.05, 3.63) is 22.6 Å². The fourth-order valence-corrected chi connectivity index (χ4v) is 1.25. The third-order valence-electron chi connectivity index (χ3n) is 2.23. The summed E-state index contributed by atoms with van der Waals surface area (Å²) in [6, 6.07) is 0. The Morgan fingerprint density at radius 1 is 1.71 bits per heavy atom. The maximum atomic E-state index is 11.3. The Bertz CT molecular complexity index is 402. The number of hydrogen-bond donors (Lipinski definition) is 0. The topological polar surface area (TPSA) is 87.3 Å². The average molecular weight is 241 g/mol. The second-order valence-corrected chi connectivity index (χ2v) is 3.63. The number of unbranched alkanes of at least 4 members (excludes halogenated alkanes) is 1. The van der Waals surface area contributed by atoms with E-state index >= 15 is 0 Å². The van der Waals surface area contributed by atoms with E-state index in [0.717, 1.165) is 12.8 Å². The summed E-state index contributed by atoms with van der Waals surface area (Å²) in [6.45, 7) is 3.62. The number of nitrogens with zero attached hydrogens (tertiary/aromatic N) is 3. The molecule has 1 unspecified atom stereocenters. The number of ether oxygens (including phenoxy) is 1. The quantitative estimate of drug-likeness (QED) is 0.432. The first kappa shape index (κ1) is 13.1. The van der Waals surface area contributed by atoms with E-state index in [4.69, 9.17) is 4.74 Å². The van der Waals surface area contributed by atoms with Crippen LogP contribution in [0.3, 0.4) is 0 Å². The molecule has 0 bridgehead atoms. The molecule has 0 amide bonds. The van der Waals surface area contributed by atoms with Crippen molar-refractivity contribution in [2.75, 3.05) is 0 Å². The van der Waals surface area contributed by atoms with E-state index in [-0.39, 0.29) is 11.8 Å². The molecule has 0 saturated carbocycles. The zero-order chi connectivity index (χ0) is 12.8. The van der Waals surface area contributed by atoms with E-state index in [1.807, 2.05) is 6.92 Å². The lowest BCUT2D eigenvalue weighted by atomic mass is 10.2. The minimum atomic E-state index is -0.595. The minimum absolute atomic E-state index is 0.263. The van der Waals surface area contributed by atoms with Crippen LogP contribution in [0.2, 0.25) is 0 Å². The first-order chi connectivity index (χ1) is 8.04. The van der Waals surface area contributed by atoms with Gasteiger partial charge >= 0.3 is 11.8 Å². The molecule has 0 saturated heterocycles. The van der Waals surface area contributed by atoms with Crippen molar-refractivity contribution in [3.63, 3.8) is 0 Å². The van der Waals surface area contributed by atoms with Gasteiger partial charge in [-0.05, 0) is 23.3 Å². The summed E-state index contributed by atoms with van der Waals surface area (Å²) in [5.41, 5.74) is 0. The standard InChI is InChI=1S/C10H15N3O4/c1-3-4-5-10(14)17-8(2)12-6-9(11-7-12)13(15)16/h6-8H,3-5H2,1-2H3. The largest absolute Gasteiger partial charge is 0.441 e. The number of carbonyl (C=O) groups excluding carboxylic acids is 1. The zero-order valence-corrected chi connectivity index (χ0v) is 9.83. The molecule has 1 aromatic rings. The van der Waals surface area contributed by atoms with Crippen LogP contribution in [0.4, 0.5) is 5.82 Å². The van der Waals surface area contributed by atoms with Crippen LogP contribution in [0, 0.1) is 10.1 Å². The second-order valence-electron chi connectivity index (χ2n) is 3.63. The van der Waals surface area contributed by atoms with Gasteiger partial charge in [0.05, 0.1) is 0 Å². The molecular formula is C10H15N3O4. The van der Waals surface area contributed by atoms with Crippen LogP contribution in [0.5, 0.6) is 0 Å². The van der Waals surface area contributed by atoms with Crippen molar-refractivity contribution in [2.24, 2.45) is 0 Å². The van der Waals surface area contributed by atoms with Crippen LogP contribution in [-0.4, -0.2) is 20.4 Å². The van der Waals surface area contributed by atoms with Crippen LogP contribution >= 0.6 is 0 Å². The number of imidazole rings is 1. The molecule has 1 rings (SSSR count). The summed E-state index contributed by atoms with van der Waals surface area (Å²) >= 11 is 0. The smallest absolute Gasteiger partial charge is 0.381 e. The Balaban J connectivity index is 2.54. The third kappa shape index (κ3) is 3.86. The molecule has 1 heterocycles. The molecular weight excluding hydrogens is 226 g/mol. The van der Waals surface area contributed by atoms with Gasteiger partial charge in [-0.2, -0.15) is 0 Å². The summed E-state index contributed by atoms with van der Waals surface area (Å²) in [6.07, 6.45) is 3.97. The highest BCUT2D eigenvalue weighted by molar-refractivity contribution is 5.69. The number of hydrogen-bond acceptors (Lipinski definition) is 5. The van der Waals surface area contributed by atoms with Crippen LogP contribution in [0.25, 0.3) is 0 Å². The van der Waals surface area contributed by atoms with Gasteiger partial charge in [-0.25, -0.2) is 0 Å². The van der Waals surface area contributed by atoms with Crippen molar-refractivity contribution < 1.29 is 14.5 Å². The van der Waals surface area contributed by atoms with Crippen molar-refractivity contribution in [2.45, 2.75) is 39.3 Å². The lowest BCUT2D eigenvalue weighted by Gasteiger charge is -2.12. The van der Waals surface area contributed by atoms with Gasteiger partial charge in [0.25, 0.3) is 0 Å². The van der Waals surface area contributed by atoms with Crippen LogP contribution in [0.1, 0.15) is 39.3 Å². The van der Waals surface area contributed by atoms with Crippen LogP contribution in [-0.2, 0) is 9.53 Å². The highest BCUT2D eigenvalue weighted by Gasteiger charge is 2.16. The normalized spacial score (nSPS) is 12.1. The van der Waals surface area contributed by atoms with E-state index in [0.29, 0.717) is 6.42 Å². The van der Waals surface area contributed by atoms with Gasteiger partial charge in [-0.3, -0.25) is 9.36 Å². The maximum absolute atomic E-state index is 11.3. The SMILES string of the molecule is CCCCC(=O)OC(C)n1cnc([N+](=O)[O-])c1. The molecule has 7 nitrogen and oxygen atoms in total. The van der Waals surface area contributed by atoms with Crippen LogP contribution in [0.15, 0.2) is 12.5 Å². The first-order valence-electron chi connectivity index (χ1n) is 5.42. The van der Waals surface area contributed by atoms with Crippen molar-refractivity contribution in [1.82, 2.24) is 9.55 Å². The Morgan fingerprint density at radius 2 is 2.41 bits per heavy atom. The average Bonchev–Trinajstić information content (AvgIpc) is 2.75. The van der Waals surface area contributed by atoms with E-state index in [2.05, 4.69) is 4.98 Å².